The van der Waals surface area contributed by atoms with Crippen LogP contribution in [0.15, 0.2) is 0 Å². The molecule has 0 bridgehead atoms. The maximum absolute atomic E-state index is 12.9. The van der Waals surface area contributed by atoms with Gasteiger partial charge in [-0.3, -0.25) is 4.79 Å². The van der Waals surface area contributed by atoms with Gasteiger partial charge in [-0.05, 0) is 44.4 Å². The molecule has 1 aliphatic carbocycles. The molecule has 19 heavy (non-hydrogen) atoms. The molecule has 0 aromatic heterocycles. The summed E-state index contributed by atoms with van der Waals surface area (Å²) in [4.78, 5) is 15.0. The van der Waals surface area contributed by atoms with Crippen LogP contribution in [0.1, 0.15) is 71.6 Å². The van der Waals surface area contributed by atoms with Crippen LogP contribution < -0.4 is 5.73 Å². The molecule has 0 aromatic carbocycles. The molecule has 1 saturated carbocycles. The molecule has 2 N–H and O–H groups in total. The second kappa shape index (κ2) is 6.25. The summed E-state index contributed by atoms with van der Waals surface area (Å²) in [5, 5.41) is 0. The Morgan fingerprint density at radius 1 is 1.32 bits per heavy atom. The van der Waals surface area contributed by atoms with Crippen LogP contribution in [0.3, 0.4) is 0 Å². The first-order valence-corrected chi connectivity index (χ1v) is 8.17. The summed E-state index contributed by atoms with van der Waals surface area (Å²) < 4.78 is 0. The van der Waals surface area contributed by atoms with Crippen LogP contribution in [0.5, 0.6) is 0 Å². The number of hydrogen-bond acceptors (Lipinski definition) is 2. The Kier molecular flexibility index (Phi) is 4.88. The van der Waals surface area contributed by atoms with E-state index in [0.717, 1.165) is 45.1 Å². The number of likely N-dealkylation sites (tertiary alicyclic amines) is 1. The molecule has 2 rings (SSSR count). The Labute approximate surface area is 117 Å². The minimum absolute atomic E-state index is 0.247. The number of carbonyl (C=O) groups excluding carboxylic acids is 1. The highest BCUT2D eigenvalue weighted by Crippen LogP contribution is 2.34. The predicted molar refractivity (Wildman–Crippen MR) is 78.8 cm³/mol. The van der Waals surface area contributed by atoms with E-state index in [4.69, 9.17) is 5.73 Å². The van der Waals surface area contributed by atoms with Crippen molar-refractivity contribution in [2.75, 3.05) is 6.54 Å². The third kappa shape index (κ3) is 3.31. The molecule has 1 amide bonds. The highest BCUT2D eigenvalue weighted by molar-refractivity contribution is 5.86. The van der Waals surface area contributed by atoms with E-state index in [-0.39, 0.29) is 5.91 Å². The van der Waals surface area contributed by atoms with Gasteiger partial charge in [-0.25, -0.2) is 0 Å². The highest BCUT2D eigenvalue weighted by Gasteiger charge is 2.42. The number of piperidine rings is 1. The summed E-state index contributed by atoms with van der Waals surface area (Å²) in [5.74, 6) is 0.842. The van der Waals surface area contributed by atoms with Gasteiger partial charge in [0, 0.05) is 12.6 Å². The average molecular weight is 266 g/mol. The predicted octanol–water partition coefficient (Wildman–Crippen LogP) is 3.08. The van der Waals surface area contributed by atoms with Crippen molar-refractivity contribution in [3.63, 3.8) is 0 Å². The van der Waals surface area contributed by atoms with Crippen LogP contribution in [0.25, 0.3) is 0 Å². The minimum atomic E-state index is -0.568. The lowest BCUT2D eigenvalue weighted by Gasteiger charge is -2.44. The van der Waals surface area contributed by atoms with E-state index in [0.29, 0.717) is 12.0 Å². The standard InChI is InChI=1S/C16H30N2O/c1-3-7-14-9-4-5-11-18(14)15(19)16(17)10-6-8-13(2)12-16/h13-14H,3-12,17H2,1-2H3. The second-order valence-corrected chi connectivity index (χ2v) is 6.79. The summed E-state index contributed by atoms with van der Waals surface area (Å²) in [5.41, 5.74) is 5.92. The van der Waals surface area contributed by atoms with Crippen LogP contribution >= 0.6 is 0 Å². The summed E-state index contributed by atoms with van der Waals surface area (Å²) in [6, 6.07) is 0.448. The molecule has 1 saturated heterocycles. The lowest BCUT2D eigenvalue weighted by molar-refractivity contribution is -0.142. The molecule has 1 heterocycles. The first-order chi connectivity index (χ1) is 9.07. The molecule has 2 fully saturated rings. The van der Waals surface area contributed by atoms with Crippen molar-refractivity contribution in [2.24, 2.45) is 11.7 Å². The van der Waals surface area contributed by atoms with Crippen molar-refractivity contribution >= 4 is 5.91 Å². The number of nitrogens with zero attached hydrogens (tertiary/aromatic N) is 1. The fourth-order valence-corrected chi connectivity index (χ4v) is 3.97. The molecule has 3 nitrogen and oxygen atoms in total. The molecule has 0 aromatic rings. The van der Waals surface area contributed by atoms with Crippen molar-refractivity contribution in [1.82, 2.24) is 4.90 Å². The maximum atomic E-state index is 12.9. The van der Waals surface area contributed by atoms with Crippen LogP contribution in [-0.2, 0) is 4.79 Å². The third-order valence-corrected chi connectivity index (χ3v) is 4.97. The van der Waals surface area contributed by atoms with Gasteiger partial charge in [-0.15, -0.1) is 0 Å². The van der Waals surface area contributed by atoms with E-state index in [1.807, 2.05) is 0 Å². The number of nitrogens with two attached hydrogens (primary N) is 1. The molecule has 1 aliphatic heterocycles. The fraction of sp³-hybridized carbons (Fsp3) is 0.938. The maximum Gasteiger partial charge on any atom is 0.242 e. The van der Waals surface area contributed by atoms with Gasteiger partial charge in [-0.1, -0.05) is 33.1 Å². The van der Waals surface area contributed by atoms with E-state index in [1.165, 1.54) is 19.3 Å². The van der Waals surface area contributed by atoms with Gasteiger partial charge in [0.1, 0.15) is 0 Å². The van der Waals surface area contributed by atoms with Crippen LogP contribution in [0.4, 0.5) is 0 Å². The SMILES string of the molecule is CCCC1CCCCN1C(=O)C1(N)CCCC(C)C1. The van der Waals surface area contributed by atoms with E-state index in [1.54, 1.807) is 0 Å². The van der Waals surface area contributed by atoms with Gasteiger partial charge in [-0.2, -0.15) is 0 Å². The molecule has 0 spiro atoms. The van der Waals surface area contributed by atoms with Gasteiger partial charge in [0.05, 0.1) is 5.54 Å². The van der Waals surface area contributed by atoms with E-state index in [2.05, 4.69) is 18.7 Å². The lowest BCUT2D eigenvalue weighted by atomic mass is 9.75. The molecule has 110 valence electrons. The average Bonchev–Trinajstić information content (AvgIpc) is 2.39. The zero-order chi connectivity index (χ0) is 13.9. The summed E-state index contributed by atoms with van der Waals surface area (Å²) in [6.45, 7) is 5.36. The Bertz CT molecular complexity index is 316. The normalized spacial score (nSPS) is 36.3. The molecular formula is C16H30N2O. The lowest BCUT2D eigenvalue weighted by Crippen LogP contribution is -2.60. The largest absolute Gasteiger partial charge is 0.338 e. The topological polar surface area (TPSA) is 46.3 Å². The zero-order valence-corrected chi connectivity index (χ0v) is 12.7. The quantitative estimate of drug-likeness (QED) is 0.853. The fourth-order valence-electron chi connectivity index (χ4n) is 3.97. The van der Waals surface area contributed by atoms with Gasteiger partial charge in [0.25, 0.3) is 0 Å². The highest BCUT2D eigenvalue weighted by atomic mass is 16.2. The first-order valence-electron chi connectivity index (χ1n) is 8.17. The van der Waals surface area contributed by atoms with Crippen LogP contribution in [-0.4, -0.2) is 28.9 Å². The first kappa shape index (κ1) is 14.8. The zero-order valence-electron chi connectivity index (χ0n) is 12.7. The molecule has 3 atom stereocenters. The summed E-state index contributed by atoms with van der Waals surface area (Å²) >= 11 is 0. The Balaban J connectivity index is 2.07. The third-order valence-electron chi connectivity index (χ3n) is 4.97. The molecule has 2 aliphatic rings. The Morgan fingerprint density at radius 2 is 2.11 bits per heavy atom. The van der Waals surface area contributed by atoms with E-state index in [9.17, 15) is 4.79 Å². The van der Waals surface area contributed by atoms with Gasteiger partial charge < -0.3 is 10.6 Å². The number of carbonyl (C=O) groups is 1. The monoisotopic (exact) mass is 266 g/mol. The van der Waals surface area contributed by atoms with E-state index >= 15 is 0 Å². The summed E-state index contributed by atoms with van der Waals surface area (Å²) in [6.07, 6.45) is 9.97. The number of amides is 1. The van der Waals surface area contributed by atoms with Crippen molar-refractivity contribution in [3.05, 3.63) is 0 Å². The molecule has 3 heteroatoms. The molecule has 0 radical (unpaired) electrons. The molecule has 3 unspecified atom stereocenters. The van der Waals surface area contributed by atoms with Gasteiger partial charge in [0.15, 0.2) is 0 Å². The van der Waals surface area contributed by atoms with Crippen molar-refractivity contribution < 1.29 is 4.79 Å². The molecular weight excluding hydrogens is 236 g/mol. The smallest absolute Gasteiger partial charge is 0.242 e. The van der Waals surface area contributed by atoms with Crippen molar-refractivity contribution in [2.45, 2.75) is 83.2 Å². The Morgan fingerprint density at radius 3 is 2.79 bits per heavy atom. The van der Waals surface area contributed by atoms with Crippen LogP contribution in [0.2, 0.25) is 0 Å². The Hall–Kier alpha value is -0.570. The van der Waals surface area contributed by atoms with Crippen molar-refractivity contribution in [3.8, 4) is 0 Å². The van der Waals surface area contributed by atoms with Crippen LogP contribution in [0, 0.1) is 5.92 Å². The number of hydrogen-bond donors (Lipinski definition) is 1. The van der Waals surface area contributed by atoms with Gasteiger partial charge in [0.2, 0.25) is 5.91 Å². The van der Waals surface area contributed by atoms with E-state index < -0.39 is 5.54 Å². The second-order valence-electron chi connectivity index (χ2n) is 6.79. The van der Waals surface area contributed by atoms with Crippen molar-refractivity contribution in [1.29, 1.82) is 0 Å². The summed E-state index contributed by atoms with van der Waals surface area (Å²) in [7, 11) is 0. The van der Waals surface area contributed by atoms with Gasteiger partial charge >= 0.3 is 0 Å². The minimum Gasteiger partial charge on any atom is -0.338 e. The number of rotatable bonds is 3.